The number of benzene rings is 2. The molecule has 0 saturated heterocycles. The molecule has 0 aromatic heterocycles. The van der Waals surface area contributed by atoms with Gasteiger partial charge in [0.05, 0.1) is 20.6 Å². The predicted octanol–water partition coefficient (Wildman–Crippen LogP) is 3.38. The van der Waals surface area contributed by atoms with Crippen molar-refractivity contribution in [2.24, 2.45) is 0 Å². The first-order valence-electron chi connectivity index (χ1n) is 8.26. The molecule has 1 N–H and O–H groups in total. The van der Waals surface area contributed by atoms with E-state index in [9.17, 15) is 9.59 Å². The Labute approximate surface area is 153 Å². The first-order valence-corrected chi connectivity index (χ1v) is 8.26. The number of amides is 1. The van der Waals surface area contributed by atoms with Crippen molar-refractivity contribution in [3.8, 4) is 11.5 Å². The van der Waals surface area contributed by atoms with Gasteiger partial charge in [-0.25, -0.2) is 0 Å². The molecule has 0 fully saturated rings. The van der Waals surface area contributed by atoms with Crippen LogP contribution in [0.1, 0.15) is 24.8 Å². The maximum Gasteiger partial charge on any atom is 0.306 e. The fourth-order valence-corrected chi connectivity index (χ4v) is 2.47. The van der Waals surface area contributed by atoms with Crippen LogP contribution in [0.2, 0.25) is 0 Å². The molecule has 0 unspecified atom stereocenters. The summed E-state index contributed by atoms with van der Waals surface area (Å²) in [6, 6.07) is 14.7. The van der Waals surface area contributed by atoms with Crippen LogP contribution in [0.15, 0.2) is 48.5 Å². The predicted molar refractivity (Wildman–Crippen MR) is 98.6 cm³/mol. The van der Waals surface area contributed by atoms with E-state index < -0.39 is 11.9 Å². The average molecular weight is 357 g/mol. The minimum Gasteiger partial charge on any atom is -0.493 e. The Bertz CT molecular complexity index is 745. The smallest absolute Gasteiger partial charge is 0.306 e. The molecule has 26 heavy (non-hydrogen) atoms. The maximum absolute atomic E-state index is 12.0. The molecule has 2 rings (SSSR count). The highest BCUT2D eigenvalue weighted by Gasteiger charge is 2.14. The summed E-state index contributed by atoms with van der Waals surface area (Å²) in [4.78, 5) is 23.9. The largest absolute Gasteiger partial charge is 0.493 e. The third kappa shape index (κ3) is 5.51. The summed E-state index contributed by atoms with van der Waals surface area (Å²) >= 11 is 0. The summed E-state index contributed by atoms with van der Waals surface area (Å²) < 4.78 is 15.4. The van der Waals surface area contributed by atoms with Crippen LogP contribution < -0.4 is 14.8 Å². The van der Waals surface area contributed by atoms with Crippen molar-refractivity contribution in [3.63, 3.8) is 0 Å². The Morgan fingerprint density at radius 3 is 2.35 bits per heavy atom. The maximum atomic E-state index is 12.0. The van der Waals surface area contributed by atoms with Gasteiger partial charge in [-0.05, 0) is 23.6 Å². The van der Waals surface area contributed by atoms with Gasteiger partial charge in [0.25, 0.3) is 5.91 Å². The minimum atomic E-state index is -0.419. The van der Waals surface area contributed by atoms with Crippen LogP contribution in [0.4, 0.5) is 5.69 Å². The van der Waals surface area contributed by atoms with Crippen molar-refractivity contribution >= 4 is 17.6 Å². The molecule has 1 amide bonds. The molecule has 6 nitrogen and oxygen atoms in total. The van der Waals surface area contributed by atoms with Crippen LogP contribution in [-0.2, 0) is 14.3 Å². The first-order chi connectivity index (χ1) is 12.5. The van der Waals surface area contributed by atoms with Crippen molar-refractivity contribution < 1.29 is 23.8 Å². The lowest BCUT2D eigenvalue weighted by Gasteiger charge is -2.12. The van der Waals surface area contributed by atoms with Crippen LogP contribution in [0.5, 0.6) is 11.5 Å². The molecule has 0 saturated carbocycles. The van der Waals surface area contributed by atoms with Gasteiger partial charge in [0.15, 0.2) is 18.1 Å². The van der Waals surface area contributed by atoms with Crippen molar-refractivity contribution in [2.75, 3.05) is 26.1 Å². The number of rotatable bonds is 8. The second-order valence-corrected chi connectivity index (χ2v) is 5.79. The second-order valence-electron chi connectivity index (χ2n) is 5.79. The zero-order valence-electron chi connectivity index (χ0n) is 15.2. The van der Waals surface area contributed by atoms with E-state index in [0.29, 0.717) is 17.2 Å². The lowest BCUT2D eigenvalue weighted by molar-refractivity contribution is -0.147. The molecule has 0 heterocycles. The molecular weight excluding hydrogens is 334 g/mol. The van der Waals surface area contributed by atoms with Crippen LogP contribution in [0.25, 0.3) is 0 Å². The summed E-state index contributed by atoms with van der Waals surface area (Å²) in [7, 11) is 3.05. The lowest BCUT2D eigenvalue weighted by atomic mass is 9.98. The number of methoxy groups -OCH3 is 2. The number of hydrogen-bond acceptors (Lipinski definition) is 5. The summed E-state index contributed by atoms with van der Waals surface area (Å²) in [6.07, 6.45) is 0.216. The van der Waals surface area contributed by atoms with Crippen LogP contribution in [-0.4, -0.2) is 32.7 Å². The molecule has 0 bridgehead atoms. The Morgan fingerprint density at radius 2 is 1.69 bits per heavy atom. The van der Waals surface area contributed by atoms with E-state index in [4.69, 9.17) is 14.2 Å². The number of esters is 1. The minimum absolute atomic E-state index is 0.0256. The van der Waals surface area contributed by atoms with Crippen molar-refractivity contribution in [1.82, 2.24) is 0 Å². The number of anilines is 1. The van der Waals surface area contributed by atoms with E-state index in [1.165, 1.54) is 14.2 Å². The van der Waals surface area contributed by atoms with Gasteiger partial charge < -0.3 is 19.5 Å². The van der Waals surface area contributed by atoms with Gasteiger partial charge in [-0.3, -0.25) is 9.59 Å². The zero-order valence-corrected chi connectivity index (χ0v) is 15.2. The van der Waals surface area contributed by atoms with E-state index in [-0.39, 0.29) is 18.9 Å². The zero-order chi connectivity index (χ0) is 18.9. The van der Waals surface area contributed by atoms with Gasteiger partial charge in [0.2, 0.25) is 0 Å². The Balaban J connectivity index is 1.82. The highest BCUT2D eigenvalue weighted by atomic mass is 16.5. The molecular formula is C20H23NO5. The number of ether oxygens (including phenoxy) is 3. The van der Waals surface area contributed by atoms with E-state index in [1.54, 1.807) is 18.2 Å². The van der Waals surface area contributed by atoms with Gasteiger partial charge >= 0.3 is 5.97 Å². The molecule has 0 spiro atoms. The molecule has 0 aliphatic heterocycles. The van der Waals surface area contributed by atoms with Gasteiger partial charge in [-0.1, -0.05) is 37.3 Å². The third-order valence-electron chi connectivity index (χ3n) is 3.87. The van der Waals surface area contributed by atoms with Gasteiger partial charge in [0, 0.05) is 11.8 Å². The Morgan fingerprint density at radius 1 is 1.00 bits per heavy atom. The van der Waals surface area contributed by atoms with Crippen molar-refractivity contribution in [1.29, 1.82) is 0 Å². The number of hydrogen-bond donors (Lipinski definition) is 1. The topological polar surface area (TPSA) is 73.9 Å². The van der Waals surface area contributed by atoms with Crippen molar-refractivity contribution in [3.05, 3.63) is 54.1 Å². The van der Waals surface area contributed by atoms with E-state index in [2.05, 4.69) is 5.32 Å². The van der Waals surface area contributed by atoms with E-state index >= 15 is 0 Å². The summed E-state index contributed by atoms with van der Waals surface area (Å²) in [5.74, 6) is 0.255. The standard InChI is InChI=1S/C20H23NO5/c1-14(15-7-5-4-6-8-15)11-20(23)26-13-19(22)21-16-9-10-17(24-2)18(12-16)25-3/h4-10,12,14H,11,13H2,1-3H3,(H,21,22)/t14-/m1/s1. The quantitative estimate of drug-likeness (QED) is 0.733. The Hall–Kier alpha value is -3.02. The van der Waals surface area contributed by atoms with Crippen LogP contribution >= 0.6 is 0 Å². The molecule has 0 aliphatic carbocycles. The molecule has 6 heteroatoms. The van der Waals surface area contributed by atoms with E-state index in [0.717, 1.165) is 5.56 Å². The normalized spacial score (nSPS) is 11.3. The third-order valence-corrected chi connectivity index (χ3v) is 3.87. The molecule has 2 aromatic carbocycles. The highest BCUT2D eigenvalue weighted by molar-refractivity contribution is 5.93. The molecule has 2 aromatic rings. The van der Waals surface area contributed by atoms with Crippen LogP contribution in [0, 0.1) is 0 Å². The second kappa shape index (κ2) is 9.46. The monoisotopic (exact) mass is 357 g/mol. The van der Waals surface area contributed by atoms with Crippen molar-refractivity contribution in [2.45, 2.75) is 19.3 Å². The summed E-state index contributed by atoms with van der Waals surface area (Å²) in [5.41, 5.74) is 1.58. The SMILES string of the molecule is COc1ccc(NC(=O)COC(=O)C[C@@H](C)c2ccccc2)cc1OC. The fraction of sp³-hybridized carbons (Fsp3) is 0.300. The van der Waals surface area contributed by atoms with Crippen LogP contribution in [0.3, 0.4) is 0 Å². The molecule has 0 radical (unpaired) electrons. The summed E-state index contributed by atoms with van der Waals surface area (Å²) in [6.45, 7) is 1.61. The van der Waals surface area contributed by atoms with E-state index in [1.807, 2.05) is 37.3 Å². The average Bonchev–Trinajstić information content (AvgIpc) is 2.67. The number of nitrogens with one attached hydrogen (secondary N) is 1. The number of carbonyl (C=O) groups excluding carboxylic acids is 2. The molecule has 0 aliphatic rings. The van der Waals surface area contributed by atoms with Gasteiger partial charge in [-0.15, -0.1) is 0 Å². The highest BCUT2D eigenvalue weighted by Crippen LogP contribution is 2.29. The molecule has 138 valence electrons. The first kappa shape index (κ1) is 19.3. The summed E-state index contributed by atoms with van der Waals surface area (Å²) in [5, 5.41) is 2.66. The molecule has 1 atom stereocenters. The number of carbonyl (C=O) groups is 2. The van der Waals surface area contributed by atoms with Gasteiger partial charge in [-0.2, -0.15) is 0 Å². The Kier molecular flexibility index (Phi) is 7.02. The lowest BCUT2D eigenvalue weighted by Crippen LogP contribution is -2.21. The van der Waals surface area contributed by atoms with Gasteiger partial charge in [0.1, 0.15) is 0 Å². The fourth-order valence-electron chi connectivity index (χ4n) is 2.47.